The monoisotopic (exact) mass is 350 g/mol. The highest BCUT2D eigenvalue weighted by molar-refractivity contribution is 5.93. The first-order valence-corrected chi connectivity index (χ1v) is 8.35. The lowest BCUT2D eigenvalue weighted by Crippen LogP contribution is -3.08. The topological polar surface area (TPSA) is 76.7 Å². The number of hydrogen-bond donors (Lipinski definition) is 2. The van der Waals surface area contributed by atoms with Crippen molar-refractivity contribution < 1.29 is 14.6 Å². The lowest BCUT2D eigenvalue weighted by atomic mass is 10.1. The average molecular weight is 350 g/mol. The molecule has 0 fully saturated rings. The van der Waals surface area contributed by atoms with Gasteiger partial charge in [0.25, 0.3) is 11.6 Å². The van der Waals surface area contributed by atoms with Crippen LogP contribution >= 0.6 is 0 Å². The first-order valence-electron chi connectivity index (χ1n) is 8.35. The molecule has 0 aliphatic rings. The second kappa shape index (κ2) is 7.76. The second-order valence-corrected chi connectivity index (χ2v) is 6.31. The maximum atomic E-state index is 12.2. The van der Waals surface area contributed by atoms with Crippen molar-refractivity contribution in [3.05, 3.63) is 82.4 Å². The van der Waals surface area contributed by atoms with Crippen LogP contribution in [-0.4, -0.2) is 24.4 Å². The first-order chi connectivity index (χ1) is 12.5. The lowest BCUT2D eigenvalue weighted by Gasteiger charge is -2.14. The van der Waals surface area contributed by atoms with Gasteiger partial charge in [-0.2, -0.15) is 0 Å². The molecule has 1 amide bonds. The largest absolute Gasteiger partial charge is 0.326 e. The number of carbonyl (C=O) groups is 1. The number of hydrogen-bond acceptors (Lipinski definition) is 3. The van der Waals surface area contributed by atoms with Crippen molar-refractivity contribution in [3.8, 4) is 0 Å². The molecule has 2 N–H and O–H groups in total. The number of benzene rings is 3. The van der Waals surface area contributed by atoms with Crippen LogP contribution < -0.4 is 10.2 Å². The number of anilines is 1. The van der Waals surface area contributed by atoms with Crippen LogP contribution in [0.4, 0.5) is 11.4 Å². The molecule has 6 nitrogen and oxygen atoms in total. The van der Waals surface area contributed by atoms with E-state index in [1.807, 2.05) is 19.2 Å². The summed E-state index contributed by atoms with van der Waals surface area (Å²) in [5, 5.41) is 16.0. The van der Waals surface area contributed by atoms with Crippen LogP contribution in [0.25, 0.3) is 10.8 Å². The Morgan fingerprint density at radius 1 is 1.04 bits per heavy atom. The molecule has 0 aliphatic heterocycles. The summed E-state index contributed by atoms with van der Waals surface area (Å²) in [5.41, 5.74) is 1.26. The zero-order chi connectivity index (χ0) is 18.5. The minimum atomic E-state index is -0.499. The van der Waals surface area contributed by atoms with E-state index in [0.29, 0.717) is 6.54 Å². The van der Waals surface area contributed by atoms with Crippen LogP contribution in [0.1, 0.15) is 5.56 Å². The van der Waals surface area contributed by atoms with Gasteiger partial charge >= 0.3 is 0 Å². The molecule has 0 bridgehead atoms. The number of rotatable bonds is 6. The number of likely N-dealkylation sites (N-methyl/N-ethyl adjacent to an activating group) is 1. The first kappa shape index (κ1) is 17.6. The Morgan fingerprint density at radius 2 is 1.73 bits per heavy atom. The fraction of sp³-hybridized carbons (Fsp3) is 0.150. The van der Waals surface area contributed by atoms with E-state index in [-0.39, 0.29) is 23.8 Å². The van der Waals surface area contributed by atoms with E-state index in [9.17, 15) is 14.9 Å². The Labute approximate surface area is 151 Å². The molecule has 0 aliphatic carbocycles. The molecule has 3 aromatic carbocycles. The SMILES string of the molecule is C[NH+](CC(=O)Nc1ccccc1[N+](=O)[O-])Cc1ccc2ccccc2c1. The van der Waals surface area contributed by atoms with Crippen LogP contribution in [0, 0.1) is 10.1 Å². The van der Waals surface area contributed by atoms with Crippen LogP contribution in [0.2, 0.25) is 0 Å². The van der Waals surface area contributed by atoms with Gasteiger partial charge in [-0.05, 0) is 22.9 Å². The number of fused-ring (bicyclic) bond motifs is 1. The Kier molecular flexibility index (Phi) is 5.24. The zero-order valence-electron chi connectivity index (χ0n) is 14.4. The molecular weight excluding hydrogens is 330 g/mol. The predicted molar refractivity (Wildman–Crippen MR) is 101 cm³/mol. The molecule has 26 heavy (non-hydrogen) atoms. The number of nitrogens with zero attached hydrogens (tertiary/aromatic N) is 1. The van der Waals surface area contributed by atoms with Crippen LogP contribution in [0.5, 0.6) is 0 Å². The van der Waals surface area contributed by atoms with Gasteiger partial charge in [-0.3, -0.25) is 14.9 Å². The van der Waals surface area contributed by atoms with Crippen molar-refractivity contribution in [1.29, 1.82) is 0 Å². The number of quaternary nitrogens is 1. The van der Waals surface area contributed by atoms with Gasteiger partial charge in [0, 0.05) is 11.6 Å². The van der Waals surface area contributed by atoms with Gasteiger partial charge in [-0.15, -0.1) is 0 Å². The van der Waals surface area contributed by atoms with Gasteiger partial charge in [0.05, 0.1) is 12.0 Å². The maximum Gasteiger partial charge on any atom is 0.292 e. The normalized spacial score (nSPS) is 11.9. The van der Waals surface area contributed by atoms with E-state index in [1.165, 1.54) is 22.9 Å². The van der Waals surface area contributed by atoms with Gasteiger partial charge in [0.15, 0.2) is 6.54 Å². The summed E-state index contributed by atoms with van der Waals surface area (Å²) in [4.78, 5) is 23.8. The summed E-state index contributed by atoms with van der Waals surface area (Å²) in [6.45, 7) is 0.911. The van der Waals surface area contributed by atoms with Crippen molar-refractivity contribution >= 4 is 28.1 Å². The molecule has 1 atom stereocenters. The Hall–Kier alpha value is -3.25. The van der Waals surface area contributed by atoms with E-state index >= 15 is 0 Å². The molecule has 0 radical (unpaired) electrons. The second-order valence-electron chi connectivity index (χ2n) is 6.31. The highest BCUT2D eigenvalue weighted by Gasteiger charge is 2.17. The minimum absolute atomic E-state index is 0.104. The third-order valence-electron chi connectivity index (χ3n) is 4.16. The van der Waals surface area contributed by atoms with Crippen LogP contribution in [0.15, 0.2) is 66.7 Å². The number of amides is 1. The molecular formula is C20H20N3O3+. The summed E-state index contributed by atoms with van der Waals surface area (Å²) in [5.74, 6) is -0.252. The summed E-state index contributed by atoms with van der Waals surface area (Å²) in [7, 11) is 1.92. The van der Waals surface area contributed by atoms with Gasteiger partial charge in [0.2, 0.25) is 0 Å². The molecule has 3 rings (SSSR count). The highest BCUT2D eigenvalue weighted by atomic mass is 16.6. The van der Waals surface area contributed by atoms with Crippen molar-refractivity contribution in [2.45, 2.75) is 6.54 Å². The number of nitro groups is 1. The Morgan fingerprint density at radius 3 is 2.50 bits per heavy atom. The molecule has 6 heteroatoms. The zero-order valence-corrected chi connectivity index (χ0v) is 14.4. The van der Waals surface area contributed by atoms with E-state index in [4.69, 9.17) is 0 Å². The fourth-order valence-electron chi connectivity index (χ4n) is 2.97. The lowest BCUT2D eigenvalue weighted by molar-refractivity contribution is -0.885. The molecule has 0 aromatic heterocycles. The molecule has 0 spiro atoms. The maximum absolute atomic E-state index is 12.2. The molecule has 132 valence electrons. The Bertz CT molecular complexity index is 956. The highest BCUT2D eigenvalue weighted by Crippen LogP contribution is 2.22. The van der Waals surface area contributed by atoms with E-state index in [0.717, 1.165) is 10.5 Å². The summed E-state index contributed by atoms with van der Waals surface area (Å²) in [6, 6.07) is 20.5. The minimum Gasteiger partial charge on any atom is -0.326 e. The molecule has 0 heterocycles. The molecule has 1 unspecified atom stereocenters. The van der Waals surface area contributed by atoms with Crippen molar-refractivity contribution in [3.63, 3.8) is 0 Å². The van der Waals surface area contributed by atoms with Gasteiger partial charge in [-0.1, -0.05) is 48.5 Å². The van der Waals surface area contributed by atoms with Crippen molar-refractivity contribution in [2.75, 3.05) is 18.9 Å². The third kappa shape index (κ3) is 4.23. The average Bonchev–Trinajstić information content (AvgIpc) is 2.61. The number of nitrogens with one attached hydrogen (secondary N) is 2. The number of nitro benzene ring substituents is 1. The molecule has 0 saturated heterocycles. The van der Waals surface area contributed by atoms with Gasteiger partial charge in [0.1, 0.15) is 12.2 Å². The summed E-state index contributed by atoms with van der Waals surface area (Å²) < 4.78 is 0. The van der Waals surface area contributed by atoms with Crippen molar-refractivity contribution in [2.24, 2.45) is 0 Å². The van der Waals surface area contributed by atoms with E-state index in [1.54, 1.807) is 12.1 Å². The number of para-hydroxylation sites is 2. The summed E-state index contributed by atoms with van der Waals surface area (Å²) >= 11 is 0. The van der Waals surface area contributed by atoms with Crippen molar-refractivity contribution in [1.82, 2.24) is 0 Å². The smallest absolute Gasteiger partial charge is 0.292 e. The molecule has 0 saturated carbocycles. The van der Waals surface area contributed by atoms with Crippen LogP contribution in [0.3, 0.4) is 0 Å². The Balaban J connectivity index is 1.63. The third-order valence-corrected chi connectivity index (χ3v) is 4.16. The van der Waals surface area contributed by atoms with Gasteiger partial charge < -0.3 is 10.2 Å². The van der Waals surface area contributed by atoms with Gasteiger partial charge in [-0.25, -0.2) is 0 Å². The standard InChI is InChI=1S/C20H19N3O3/c1-22(13-15-10-11-16-6-2-3-7-17(16)12-15)14-20(24)21-18-8-4-5-9-19(18)23(25)26/h2-12H,13-14H2,1H3,(H,21,24)/p+1. The molecule has 3 aromatic rings. The predicted octanol–water partition coefficient (Wildman–Crippen LogP) is 2.40. The van der Waals surface area contributed by atoms with E-state index in [2.05, 4.69) is 35.6 Å². The van der Waals surface area contributed by atoms with Crippen LogP contribution in [-0.2, 0) is 11.3 Å². The number of carbonyl (C=O) groups excluding carboxylic acids is 1. The summed E-state index contributed by atoms with van der Waals surface area (Å²) in [6.07, 6.45) is 0. The van der Waals surface area contributed by atoms with E-state index < -0.39 is 4.92 Å². The fourth-order valence-corrected chi connectivity index (χ4v) is 2.97. The quantitative estimate of drug-likeness (QED) is 0.529.